The van der Waals surface area contributed by atoms with Crippen LogP contribution in [0.4, 0.5) is 15.6 Å². The van der Waals surface area contributed by atoms with Gasteiger partial charge in [-0.1, -0.05) is 12.1 Å². The predicted molar refractivity (Wildman–Crippen MR) is 120 cm³/mol. The van der Waals surface area contributed by atoms with Crippen LogP contribution in [0.25, 0.3) is 11.3 Å². The van der Waals surface area contributed by atoms with Crippen molar-refractivity contribution >= 4 is 34.1 Å². The Morgan fingerprint density at radius 3 is 2.50 bits per heavy atom. The Kier molecular flexibility index (Phi) is 7.03. The number of rotatable bonds is 7. The number of anilines is 2. The standard InChI is InChI=1S/C22H24N4O3S/c1-14-4-5-16(12-15(14)2)19-13-30-22(25-19)26-20(27)10-11-23-21(28)24-17-6-8-18(29-3)9-7-17/h4-9,12-13H,10-11H2,1-3H3,(H2,23,24,28)(H,25,26,27). The van der Waals surface area contributed by atoms with Gasteiger partial charge in [-0.15, -0.1) is 11.3 Å². The molecule has 0 aliphatic heterocycles. The van der Waals surface area contributed by atoms with Crippen LogP contribution in [-0.4, -0.2) is 30.6 Å². The second kappa shape index (κ2) is 9.89. The van der Waals surface area contributed by atoms with Gasteiger partial charge in [-0.25, -0.2) is 9.78 Å². The van der Waals surface area contributed by atoms with Gasteiger partial charge in [-0.3, -0.25) is 4.79 Å². The number of hydrogen-bond acceptors (Lipinski definition) is 5. The van der Waals surface area contributed by atoms with Gasteiger partial charge in [-0.05, 0) is 55.3 Å². The molecule has 7 nitrogen and oxygen atoms in total. The zero-order valence-electron chi connectivity index (χ0n) is 17.1. The molecule has 156 valence electrons. The molecule has 0 aliphatic rings. The SMILES string of the molecule is COc1ccc(NC(=O)NCCC(=O)Nc2nc(-c3ccc(C)c(C)c3)cs2)cc1. The van der Waals surface area contributed by atoms with Gasteiger partial charge in [0.2, 0.25) is 5.91 Å². The van der Waals surface area contributed by atoms with Crippen molar-refractivity contribution in [1.29, 1.82) is 0 Å². The van der Waals surface area contributed by atoms with Crippen LogP contribution in [0.15, 0.2) is 47.8 Å². The van der Waals surface area contributed by atoms with Crippen molar-refractivity contribution < 1.29 is 14.3 Å². The number of carbonyl (C=O) groups excluding carboxylic acids is 2. The maximum Gasteiger partial charge on any atom is 0.319 e. The van der Waals surface area contributed by atoms with Gasteiger partial charge >= 0.3 is 6.03 Å². The van der Waals surface area contributed by atoms with E-state index in [9.17, 15) is 9.59 Å². The first-order valence-corrected chi connectivity index (χ1v) is 10.3. The zero-order valence-corrected chi connectivity index (χ0v) is 17.9. The van der Waals surface area contributed by atoms with E-state index in [4.69, 9.17) is 4.74 Å². The summed E-state index contributed by atoms with van der Waals surface area (Å²) < 4.78 is 5.07. The van der Waals surface area contributed by atoms with E-state index in [0.717, 1.165) is 11.3 Å². The molecule has 0 unspecified atom stereocenters. The average Bonchev–Trinajstić information content (AvgIpc) is 3.19. The Balaban J connectivity index is 1.44. The maximum absolute atomic E-state index is 12.1. The molecule has 0 bridgehead atoms. The van der Waals surface area contributed by atoms with Crippen LogP contribution >= 0.6 is 11.3 Å². The van der Waals surface area contributed by atoms with E-state index in [1.165, 1.54) is 22.5 Å². The minimum Gasteiger partial charge on any atom is -0.497 e. The van der Waals surface area contributed by atoms with Crippen molar-refractivity contribution in [3.8, 4) is 17.0 Å². The molecular formula is C22H24N4O3S. The summed E-state index contributed by atoms with van der Waals surface area (Å²) in [6.07, 6.45) is 0.147. The summed E-state index contributed by atoms with van der Waals surface area (Å²) in [7, 11) is 1.58. The fourth-order valence-corrected chi connectivity index (χ4v) is 3.42. The Morgan fingerprint density at radius 2 is 1.80 bits per heavy atom. The highest BCUT2D eigenvalue weighted by molar-refractivity contribution is 7.14. The summed E-state index contributed by atoms with van der Waals surface area (Å²) >= 11 is 1.37. The fourth-order valence-electron chi connectivity index (χ4n) is 2.69. The number of hydrogen-bond donors (Lipinski definition) is 3. The van der Waals surface area contributed by atoms with Gasteiger partial charge in [0, 0.05) is 29.6 Å². The molecule has 30 heavy (non-hydrogen) atoms. The molecule has 0 saturated heterocycles. The number of aryl methyl sites for hydroxylation is 2. The number of nitrogens with one attached hydrogen (secondary N) is 3. The summed E-state index contributed by atoms with van der Waals surface area (Å²) in [5.74, 6) is 0.501. The molecule has 0 radical (unpaired) electrons. The van der Waals surface area contributed by atoms with Gasteiger partial charge in [-0.2, -0.15) is 0 Å². The lowest BCUT2D eigenvalue weighted by Crippen LogP contribution is -2.31. The Bertz CT molecular complexity index is 1030. The molecular weight excluding hydrogens is 400 g/mol. The highest BCUT2D eigenvalue weighted by Crippen LogP contribution is 2.26. The van der Waals surface area contributed by atoms with Gasteiger partial charge in [0.15, 0.2) is 5.13 Å². The first-order chi connectivity index (χ1) is 14.4. The highest BCUT2D eigenvalue weighted by Gasteiger charge is 2.10. The fraction of sp³-hybridized carbons (Fsp3) is 0.227. The number of carbonyl (C=O) groups is 2. The quantitative estimate of drug-likeness (QED) is 0.517. The number of thiazole rings is 1. The molecule has 0 spiro atoms. The highest BCUT2D eigenvalue weighted by atomic mass is 32.1. The second-order valence-electron chi connectivity index (χ2n) is 6.74. The number of benzene rings is 2. The maximum atomic E-state index is 12.1. The first kappa shape index (κ1) is 21.3. The molecule has 3 aromatic rings. The van der Waals surface area contributed by atoms with Crippen LogP contribution in [0.1, 0.15) is 17.5 Å². The number of amides is 3. The largest absolute Gasteiger partial charge is 0.497 e. The Hall–Kier alpha value is -3.39. The van der Waals surface area contributed by atoms with Crippen molar-refractivity contribution in [3.63, 3.8) is 0 Å². The molecule has 8 heteroatoms. The normalized spacial score (nSPS) is 10.4. The molecule has 3 rings (SSSR count). The molecule has 3 N–H and O–H groups in total. The van der Waals surface area contributed by atoms with Crippen LogP contribution in [0.3, 0.4) is 0 Å². The van der Waals surface area contributed by atoms with Crippen molar-refractivity contribution in [1.82, 2.24) is 10.3 Å². The monoisotopic (exact) mass is 424 g/mol. The minimum absolute atomic E-state index is 0.147. The van der Waals surface area contributed by atoms with Gasteiger partial charge in [0.05, 0.1) is 12.8 Å². The van der Waals surface area contributed by atoms with E-state index >= 15 is 0 Å². The predicted octanol–water partition coefficient (Wildman–Crippen LogP) is 4.59. The molecule has 0 saturated carbocycles. The summed E-state index contributed by atoms with van der Waals surface area (Å²) in [6.45, 7) is 4.34. The zero-order chi connectivity index (χ0) is 21.5. The third-order valence-corrected chi connectivity index (χ3v) is 5.30. The van der Waals surface area contributed by atoms with Crippen LogP contribution in [0.5, 0.6) is 5.75 Å². The third-order valence-electron chi connectivity index (χ3n) is 4.54. The lowest BCUT2D eigenvalue weighted by Gasteiger charge is -2.08. The van der Waals surface area contributed by atoms with Crippen LogP contribution in [-0.2, 0) is 4.79 Å². The summed E-state index contributed by atoms with van der Waals surface area (Å²) in [6, 6.07) is 12.8. The van der Waals surface area contributed by atoms with Gasteiger partial charge in [0.1, 0.15) is 5.75 Å². The van der Waals surface area contributed by atoms with E-state index in [0.29, 0.717) is 16.6 Å². The van der Waals surface area contributed by atoms with E-state index in [-0.39, 0.29) is 24.9 Å². The van der Waals surface area contributed by atoms with Crippen molar-refractivity contribution in [2.24, 2.45) is 0 Å². The van der Waals surface area contributed by atoms with Gasteiger partial charge < -0.3 is 20.7 Å². The lowest BCUT2D eigenvalue weighted by atomic mass is 10.1. The number of aromatic nitrogens is 1. The molecule has 1 aromatic heterocycles. The Labute approximate surface area is 179 Å². The molecule has 2 aromatic carbocycles. The number of ether oxygens (including phenoxy) is 1. The summed E-state index contributed by atoms with van der Waals surface area (Å²) in [5.41, 5.74) is 4.91. The number of methoxy groups -OCH3 is 1. The lowest BCUT2D eigenvalue weighted by molar-refractivity contribution is -0.116. The smallest absolute Gasteiger partial charge is 0.319 e. The molecule has 0 fully saturated rings. The summed E-state index contributed by atoms with van der Waals surface area (Å²) in [4.78, 5) is 28.5. The van der Waals surface area contributed by atoms with E-state index in [2.05, 4.69) is 46.9 Å². The first-order valence-electron chi connectivity index (χ1n) is 9.46. The number of nitrogens with zero attached hydrogens (tertiary/aromatic N) is 1. The summed E-state index contributed by atoms with van der Waals surface area (Å²) in [5, 5.41) is 10.6. The molecule has 3 amide bonds. The van der Waals surface area contributed by atoms with Crippen molar-refractivity contribution in [2.75, 3.05) is 24.3 Å². The van der Waals surface area contributed by atoms with Crippen LogP contribution < -0.4 is 20.7 Å². The molecule has 1 heterocycles. The van der Waals surface area contributed by atoms with Crippen molar-refractivity contribution in [3.05, 3.63) is 59.0 Å². The van der Waals surface area contributed by atoms with Crippen LogP contribution in [0.2, 0.25) is 0 Å². The second-order valence-corrected chi connectivity index (χ2v) is 7.60. The topological polar surface area (TPSA) is 92.4 Å². The van der Waals surface area contributed by atoms with E-state index in [1.54, 1.807) is 31.4 Å². The molecule has 0 aliphatic carbocycles. The average molecular weight is 425 g/mol. The van der Waals surface area contributed by atoms with Gasteiger partial charge in [0.25, 0.3) is 0 Å². The third kappa shape index (κ3) is 5.81. The minimum atomic E-state index is -0.376. The molecule has 0 atom stereocenters. The van der Waals surface area contributed by atoms with E-state index < -0.39 is 0 Å². The number of urea groups is 1. The van der Waals surface area contributed by atoms with Crippen LogP contribution in [0, 0.1) is 13.8 Å². The van der Waals surface area contributed by atoms with E-state index in [1.807, 2.05) is 11.4 Å². The Morgan fingerprint density at radius 1 is 1.03 bits per heavy atom. The van der Waals surface area contributed by atoms with Crippen molar-refractivity contribution in [2.45, 2.75) is 20.3 Å².